The van der Waals surface area contributed by atoms with Gasteiger partial charge in [-0.1, -0.05) is 0 Å². The number of likely N-dealkylation sites (N-methyl/N-ethyl adjacent to an activating group) is 1. The number of carbonyl (C=O) groups is 1. The Kier molecular flexibility index (Phi) is 4.25. The Labute approximate surface area is 95.7 Å². The third-order valence-electron chi connectivity index (χ3n) is 2.04. The monoisotopic (exact) mass is 222 g/mol. The van der Waals surface area contributed by atoms with E-state index in [1.165, 1.54) is 6.20 Å². The molecule has 5 nitrogen and oxygen atoms in total. The van der Waals surface area contributed by atoms with E-state index >= 15 is 0 Å². The van der Waals surface area contributed by atoms with Crippen LogP contribution < -0.4 is 11.1 Å². The largest absolute Gasteiger partial charge is 0.397 e. The molecule has 0 saturated carbocycles. The van der Waals surface area contributed by atoms with E-state index in [0.717, 1.165) is 6.54 Å². The Balaban J connectivity index is 2.55. The number of carbonyl (C=O) groups excluding carboxylic acids is 1. The third-order valence-corrected chi connectivity index (χ3v) is 2.04. The predicted molar refractivity (Wildman–Crippen MR) is 64.1 cm³/mol. The van der Waals surface area contributed by atoms with E-state index in [4.69, 9.17) is 5.73 Å². The number of pyridine rings is 1. The van der Waals surface area contributed by atoms with Crippen molar-refractivity contribution in [3.05, 3.63) is 24.0 Å². The van der Waals surface area contributed by atoms with Gasteiger partial charge in [-0.2, -0.15) is 0 Å². The van der Waals surface area contributed by atoms with E-state index < -0.39 is 0 Å². The lowest BCUT2D eigenvalue weighted by Crippen LogP contribution is -2.39. The van der Waals surface area contributed by atoms with Crippen molar-refractivity contribution in [2.24, 2.45) is 0 Å². The summed E-state index contributed by atoms with van der Waals surface area (Å²) in [5, 5.41) is 2.86. The van der Waals surface area contributed by atoms with Crippen molar-refractivity contribution in [1.82, 2.24) is 15.2 Å². The molecule has 0 aliphatic rings. The average Bonchev–Trinajstić information content (AvgIpc) is 2.16. The highest BCUT2D eigenvalue weighted by Gasteiger charge is 2.10. The molecular formula is C11H18N4O. The number of aromatic nitrogens is 1. The SMILES string of the molecule is CC(CN(C)C)NC(=O)c1ccc(N)cn1. The standard InChI is InChI=1S/C11H18N4O/c1-8(7-15(2)3)14-11(16)10-5-4-9(12)6-13-10/h4-6,8H,7,12H2,1-3H3,(H,14,16). The molecule has 0 radical (unpaired) electrons. The van der Waals surface area contributed by atoms with Crippen LogP contribution in [-0.2, 0) is 0 Å². The minimum Gasteiger partial charge on any atom is -0.397 e. The Morgan fingerprint density at radius 2 is 2.25 bits per heavy atom. The second-order valence-electron chi connectivity index (χ2n) is 4.11. The highest BCUT2D eigenvalue weighted by Crippen LogP contribution is 2.01. The molecular weight excluding hydrogens is 204 g/mol. The lowest BCUT2D eigenvalue weighted by molar-refractivity contribution is 0.0929. The summed E-state index contributed by atoms with van der Waals surface area (Å²) in [7, 11) is 3.92. The van der Waals surface area contributed by atoms with Crippen molar-refractivity contribution in [3.63, 3.8) is 0 Å². The molecule has 3 N–H and O–H groups in total. The molecule has 0 aromatic carbocycles. The van der Waals surface area contributed by atoms with Gasteiger partial charge in [-0.25, -0.2) is 4.98 Å². The molecule has 5 heteroatoms. The maximum Gasteiger partial charge on any atom is 0.270 e. The van der Waals surface area contributed by atoms with Crippen LogP contribution in [0.4, 0.5) is 5.69 Å². The first kappa shape index (κ1) is 12.4. The molecule has 0 saturated heterocycles. The van der Waals surface area contributed by atoms with Gasteiger partial charge in [0.2, 0.25) is 0 Å². The maximum atomic E-state index is 11.7. The van der Waals surface area contributed by atoms with Gasteiger partial charge in [-0.15, -0.1) is 0 Å². The van der Waals surface area contributed by atoms with Gasteiger partial charge in [0, 0.05) is 12.6 Å². The highest BCUT2D eigenvalue weighted by atomic mass is 16.1. The number of rotatable bonds is 4. The van der Waals surface area contributed by atoms with Crippen molar-refractivity contribution in [2.45, 2.75) is 13.0 Å². The molecule has 1 aromatic heterocycles. The van der Waals surface area contributed by atoms with Crippen molar-refractivity contribution in [1.29, 1.82) is 0 Å². The number of hydrogen-bond donors (Lipinski definition) is 2. The molecule has 1 heterocycles. The molecule has 16 heavy (non-hydrogen) atoms. The molecule has 88 valence electrons. The zero-order chi connectivity index (χ0) is 12.1. The summed E-state index contributed by atoms with van der Waals surface area (Å²) >= 11 is 0. The minimum atomic E-state index is -0.172. The summed E-state index contributed by atoms with van der Waals surface area (Å²) in [5.41, 5.74) is 6.44. The Bertz CT molecular complexity index is 348. The number of nitrogens with two attached hydrogens (primary N) is 1. The van der Waals surface area contributed by atoms with Crippen LogP contribution in [0.25, 0.3) is 0 Å². The van der Waals surface area contributed by atoms with Gasteiger partial charge < -0.3 is 16.0 Å². The number of nitrogens with zero attached hydrogens (tertiary/aromatic N) is 2. The van der Waals surface area contributed by atoms with Crippen molar-refractivity contribution >= 4 is 11.6 Å². The predicted octanol–water partition coefficient (Wildman–Crippen LogP) is 0.344. The van der Waals surface area contributed by atoms with Gasteiger partial charge in [0.25, 0.3) is 5.91 Å². The van der Waals surface area contributed by atoms with Gasteiger partial charge in [0.1, 0.15) is 5.69 Å². The first-order valence-electron chi connectivity index (χ1n) is 5.16. The molecule has 1 unspecified atom stereocenters. The van der Waals surface area contributed by atoms with Crippen molar-refractivity contribution < 1.29 is 4.79 Å². The van der Waals surface area contributed by atoms with E-state index in [-0.39, 0.29) is 11.9 Å². The zero-order valence-corrected chi connectivity index (χ0v) is 9.90. The lowest BCUT2D eigenvalue weighted by Gasteiger charge is -2.17. The number of amides is 1. The van der Waals surface area contributed by atoms with Crippen LogP contribution in [0.2, 0.25) is 0 Å². The average molecular weight is 222 g/mol. The summed E-state index contributed by atoms with van der Waals surface area (Å²) in [6, 6.07) is 3.37. The van der Waals surface area contributed by atoms with Crippen molar-refractivity contribution in [2.75, 3.05) is 26.4 Å². The van der Waals surface area contributed by atoms with Crippen LogP contribution >= 0.6 is 0 Å². The van der Waals surface area contributed by atoms with E-state index in [0.29, 0.717) is 11.4 Å². The second-order valence-corrected chi connectivity index (χ2v) is 4.11. The van der Waals surface area contributed by atoms with Gasteiger partial charge >= 0.3 is 0 Å². The van der Waals surface area contributed by atoms with Gasteiger partial charge in [0.15, 0.2) is 0 Å². The van der Waals surface area contributed by atoms with Crippen LogP contribution in [0.1, 0.15) is 17.4 Å². The number of anilines is 1. The summed E-state index contributed by atoms with van der Waals surface area (Å²) in [6.45, 7) is 2.75. The van der Waals surface area contributed by atoms with Crippen LogP contribution in [0.3, 0.4) is 0 Å². The van der Waals surface area contributed by atoms with Gasteiger partial charge in [0.05, 0.1) is 11.9 Å². The fraction of sp³-hybridized carbons (Fsp3) is 0.455. The fourth-order valence-electron chi connectivity index (χ4n) is 1.43. The highest BCUT2D eigenvalue weighted by molar-refractivity contribution is 5.92. The number of hydrogen-bond acceptors (Lipinski definition) is 4. The molecule has 0 bridgehead atoms. The second kappa shape index (κ2) is 5.46. The quantitative estimate of drug-likeness (QED) is 0.771. The van der Waals surface area contributed by atoms with Gasteiger partial charge in [-0.3, -0.25) is 4.79 Å². The van der Waals surface area contributed by atoms with E-state index in [1.54, 1.807) is 12.1 Å². The Morgan fingerprint density at radius 3 is 2.75 bits per heavy atom. The Morgan fingerprint density at radius 1 is 1.56 bits per heavy atom. The van der Waals surface area contributed by atoms with Gasteiger partial charge in [-0.05, 0) is 33.2 Å². The topological polar surface area (TPSA) is 71.2 Å². The minimum absolute atomic E-state index is 0.0850. The summed E-state index contributed by atoms with van der Waals surface area (Å²) < 4.78 is 0. The normalized spacial score (nSPS) is 12.5. The third kappa shape index (κ3) is 3.86. The van der Waals surface area contributed by atoms with Crippen LogP contribution in [0, 0.1) is 0 Å². The molecule has 0 aliphatic carbocycles. The van der Waals surface area contributed by atoms with E-state index in [9.17, 15) is 4.79 Å². The molecule has 1 atom stereocenters. The Hall–Kier alpha value is -1.62. The maximum absolute atomic E-state index is 11.7. The molecule has 1 aromatic rings. The molecule has 0 aliphatic heterocycles. The summed E-state index contributed by atoms with van der Waals surface area (Å²) in [4.78, 5) is 17.7. The molecule has 1 amide bonds. The lowest BCUT2D eigenvalue weighted by atomic mass is 10.2. The zero-order valence-electron chi connectivity index (χ0n) is 9.90. The summed E-state index contributed by atoms with van der Waals surface area (Å²) in [5.74, 6) is -0.172. The fourth-order valence-corrected chi connectivity index (χ4v) is 1.43. The van der Waals surface area contributed by atoms with Crippen molar-refractivity contribution in [3.8, 4) is 0 Å². The molecule has 0 fully saturated rings. The number of nitrogens with one attached hydrogen (secondary N) is 1. The smallest absolute Gasteiger partial charge is 0.270 e. The first-order valence-corrected chi connectivity index (χ1v) is 5.16. The van der Waals surface area contributed by atoms with Crippen LogP contribution in [0.15, 0.2) is 18.3 Å². The van der Waals surface area contributed by atoms with E-state index in [1.807, 2.05) is 25.9 Å². The molecule has 0 spiro atoms. The summed E-state index contributed by atoms with van der Waals surface area (Å²) in [6.07, 6.45) is 1.48. The van der Waals surface area contributed by atoms with Crippen LogP contribution in [-0.4, -0.2) is 42.5 Å². The van der Waals surface area contributed by atoms with E-state index in [2.05, 4.69) is 10.3 Å². The first-order chi connectivity index (χ1) is 7.49. The molecule has 1 rings (SSSR count). The van der Waals surface area contributed by atoms with Crippen LogP contribution in [0.5, 0.6) is 0 Å². The number of nitrogen functional groups attached to an aromatic ring is 1.